The third-order valence-corrected chi connectivity index (χ3v) is 6.34. The molecular formula is C23H21N3O3S. The molecule has 152 valence electrons. The van der Waals surface area contributed by atoms with Crippen LogP contribution >= 0.6 is 11.3 Å². The van der Waals surface area contributed by atoms with Crippen LogP contribution in [0.3, 0.4) is 0 Å². The lowest BCUT2D eigenvalue weighted by molar-refractivity contribution is 0.0913. The molecule has 4 aromatic rings. The monoisotopic (exact) mass is 419 g/mol. The predicted octanol–water partition coefficient (Wildman–Crippen LogP) is 4.68. The van der Waals surface area contributed by atoms with E-state index in [1.807, 2.05) is 48.5 Å². The van der Waals surface area contributed by atoms with Gasteiger partial charge < -0.3 is 9.47 Å². The summed E-state index contributed by atoms with van der Waals surface area (Å²) in [7, 11) is 1.63. The summed E-state index contributed by atoms with van der Waals surface area (Å²) in [5, 5.41) is 1.60. The van der Waals surface area contributed by atoms with Crippen LogP contribution in [0.5, 0.6) is 5.75 Å². The summed E-state index contributed by atoms with van der Waals surface area (Å²) in [5.74, 6) is 0.597. The number of amides is 1. The summed E-state index contributed by atoms with van der Waals surface area (Å²) in [4.78, 5) is 24.6. The van der Waals surface area contributed by atoms with Gasteiger partial charge in [-0.05, 0) is 49.2 Å². The fraction of sp³-hybridized carbons (Fsp3) is 0.261. The molecule has 1 saturated heterocycles. The van der Waals surface area contributed by atoms with Crippen molar-refractivity contribution in [3.63, 3.8) is 0 Å². The number of hydrogen-bond acceptors (Lipinski definition) is 6. The molecule has 30 heavy (non-hydrogen) atoms. The number of carbonyl (C=O) groups excluding carboxylic acids is 1. The van der Waals surface area contributed by atoms with Crippen LogP contribution in [0.1, 0.15) is 23.3 Å². The van der Waals surface area contributed by atoms with Crippen LogP contribution in [0.2, 0.25) is 0 Å². The summed E-state index contributed by atoms with van der Waals surface area (Å²) >= 11 is 1.51. The van der Waals surface area contributed by atoms with Crippen molar-refractivity contribution in [3.8, 4) is 5.75 Å². The maximum Gasteiger partial charge on any atom is 0.278 e. The molecule has 7 heteroatoms. The molecule has 2 aromatic carbocycles. The Morgan fingerprint density at radius 2 is 2.07 bits per heavy atom. The molecule has 0 bridgehead atoms. The molecule has 0 unspecified atom stereocenters. The first-order valence-electron chi connectivity index (χ1n) is 9.95. The number of rotatable bonds is 5. The zero-order valence-electron chi connectivity index (χ0n) is 16.6. The molecule has 0 aliphatic carbocycles. The minimum absolute atomic E-state index is 0.0191. The van der Waals surface area contributed by atoms with Gasteiger partial charge in [0.2, 0.25) is 0 Å². The van der Waals surface area contributed by atoms with Crippen molar-refractivity contribution in [1.29, 1.82) is 0 Å². The van der Waals surface area contributed by atoms with E-state index in [0.29, 0.717) is 17.4 Å². The molecule has 1 aliphatic heterocycles. The Morgan fingerprint density at radius 1 is 1.17 bits per heavy atom. The first-order chi connectivity index (χ1) is 14.7. The number of anilines is 1. The molecule has 0 radical (unpaired) electrons. The van der Waals surface area contributed by atoms with Gasteiger partial charge in [0, 0.05) is 12.0 Å². The topological polar surface area (TPSA) is 64.5 Å². The lowest BCUT2D eigenvalue weighted by atomic mass is 10.1. The fourth-order valence-electron chi connectivity index (χ4n) is 3.70. The van der Waals surface area contributed by atoms with E-state index in [1.165, 1.54) is 11.3 Å². The van der Waals surface area contributed by atoms with Gasteiger partial charge in [0.1, 0.15) is 11.4 Å². The summed E-state index contributed by atoms with van der Waals surface area (Å²) in [6, 6.07) is 17.2. The maximum absolute atomic E-state index is 13.5. The number of methoxy groups -OCH3 is 1. The number of pyridine rings is 1. The second-order valence-corrected chi connectivity index (χ2v) is 8.28. The standard InChI is InChI=1S/C23H21N3O3S/c1-28-16-9-11-18-15(13-16)8-10-20(24-18)22(27)26(14-17-5-4-12-29-17)23-25-19-6-2-3-7-21(19)30-23/h2-3,6-11,13,17H,4-5,12,14H2,1H3/t17-/m1/s1. The summed E-state index contributed by atoms with van der Waals surface area (Å²) < 4.78 is 12.1. The van der Waals surface area contributed by atoms with Crippen LogP contribution in [0.15, 0.2) is 54.6 Å². The van der Waals surface area contributed by atoms with E-state index in [9.17, 15) is 4.79 Å². The van der Waals surface area contributed by atoms with Gasteiger partial charge in [0.15, 0.2) is 5.13 Å². The molecule has 3 heterocycles. The zero-order valence-corrected chi connectivity index (χ0v) is 17.4. The highest BCUT2D eigenvalue weighted by Crippen LogP contribution is 2.31. The SMILES string of the molecule is COc1ccc2nc(C(=O)N(C[C@H]3CCCO3)c3nc4ccccc4s3)ccc2c1. The lowest BCUT2D eigenvalue weighted by Gasteiger charge is -2.22. The number of fused-ring (bicyclic) bond motifs is 2. The van der Waals surface area contributed by atoms with Crippen molar-refractivity contribution in [2.75, 3.05) is 25.2 Å². The predicted molar refractivity (Wildman–Crippen MR) is 119 cm³/mol. The first kappa shape index (κ1) is 19.0. The number of hydrogen-bond donors (Lipinski definition) is 0. The average Bonchev–Trinajstić information content (AvgIpc) is 3.45. The highest BCUT2D eigenvalue weighted by atomic mass is 32.1. The normalized spacial score (nSPS) is 16.2. The average molecular weight is 420 g/mol. The molecule has 1 aliphatic rings. The largest absolute Gasteiger partial charge is 0.497 e. The van der Waals surface area contributed by atoms with Crippen molar-refractivity contribution in [2.45, 2.75) is 18.9 Å². The Hall–Kier alpha value is -3.03. The highest BCUT2D eigenvalue weighted by Gasteiger charge is 2.27. The van der Waals surface area contributed by atoms with Gasteiger partial charge in [-0.3, -0.25) is 9.69 Å². The van der Waals surface area contributed by atoms with Gasteiger partial charge >= 0.3 is 0 Å². The number of benzene rings is 2. The third-order valence-electron chi connectivity index (χ3n) is 5.28. The minimum Gasteiger partial charge on any atom is -0.497 e. The smallest absolute Gasteiger partial charge is 0.278 e. The molecule has 1 amide bonds. The van der Waals surface area contributed by atoms with Crippen molar-refractivity contribution in [3.05, 3.63) is 60.3 Å². The van der Waals surface area contributed by atoms with Gasteiger partial charge in [-0.25, -0.2) is 9.97 Å². The number of nitrogens with zero attached hydrogens (tertiary/aromatic N) is 3. The number of carbonyl (C=O) groups is 1. The van der Waals surface area contributed by atoms with Gasteiger partial charge in [0.05, 0.1) is 35.5 Å². The van der Waals surface area contributed by atoms with Gasteiger partial charge in [0.25, 0.3) is 5.91 Å². The Balaban J connectivity index is 1.52. The molecule has 0 spiro atoms. The molecule has 0 N–H and O–H groups in total. The van der Waals surface area contributed by atoms with E-state index < -0.39 is 0 Å². The maximum atomic E-state index is 13.5. The molecule has 2 aromatic heterocycles. The Kier molecular flexibility index (Phi) is 5.06. The number of para-hydroxylation sites is 1. The van der Waals surface area contributed by atoms with Crippen LogP contribution < -0.4 is 9.64 Å². The number of aromatic nitrogens is 2. The highest BCUT2D eigenvalue weighted by molar-refractivity contribution is 7.22. The van der Waals surface area contributed by atoms with Crippen LogP contribution in [0.25, 0.3) is 21.1 Å². The van der Waals surface area contributed by atoms with Crippen molar-refractivity contribution in [1.82, 2.24) is 9.97 Å². The van der Waals surface area contributed by atoms with Gasteiger partial charge in [-0.15, -0.1) is 0 Å². The van der Waals surface area contributed by atoms with Crippen molar-refractivity contribution in [2.24, 2.45) is 0 Å². The van der Waals surface area contributed by atoms with E-state index in [1.54, 1.807) is 18.1 Å². The molecule has 6 nitrogen and oxygen atoms in total. The van der Waals surface area contributed by atoms with E-state index in [0.717, 1.165) is 46.3 Å². The lowest BCUT2D eigenvalue weighted by Crippen LogP contribution is -2.37. The van der Waals surface area contributed by atoms with Crippen molar-refractivity contribution >= 4 is 43.5 Å². The number of ether oxygens (including phenoxy) is 2. The second-order valence-electron chi connectivity index (χ2n) is 7.27. The van der Waals surface area contributed by atoms with E-state index >= 15 is 0 Å². The summed E-state index contributed by atoms with van der Waals surface area (Å²) in [5.41, 5.74) is 2.04. The Morgan fingerprint density at radius 3 is 2.87 bits per heavy atom. The summed E-state index contributed by atoms with van der Waals surface area (Å²) in [6.07, 6.45) is 1.98. The van der Waals surface area contributed by atoms with Gasteiger partial charge in [-0.1, -0.05) is 29.5 Å². The molecule has 1 fully saturated rings. The quantitative estimate of drug-likeness (QED) is 0.470. The Bertz CT molecular complexity index is 1180. The fourth-order valence-corrected chi connectivity index (χ4v) is 4.68. The molecule has 1 atom stereocenters. The second kappa shape index (κ2) is 8.01. The molecular weight excluding hydrogens is 398 g/mol. The van der Waals surface area contributed by atoms with E-state index in [4.69, 9.17) is 14.5 Å². The van der Waals surface area contributed by atoms with Crippen LogP contribution in [-0.2, 0) is 4.74 Å². The van der Waals surface area contributed by atoms with Crippen LogP contribution in [-0.4, -0.2) is 42.2 Å². The van der Waals surface area contributed by atoms with Crippen LogP contribution in [0.4, 0.5) is 5.13 Å². The van der Waals surface area contributed by atoms with E-state index in [2.05, 4.69) is 4.98 Å². The third kappa shape index (κ3) is 3.62. The zero-order chi connectivity index (χ0) is 20.5. The van der Waals surface area contributed by atoms with Gasteiger partial charge in [-0.2, -0.15) is 0 Å². The number of thiazole rings is 1. The Labute approximate surface area is 178 Å². The minimum atomic E-state index is -0.165. The molecule has 5 rings (SSSR count). The van der Waals surface area contributed by atoms with E-state index in [-0.39, 0.29) is 12.0 Å². The first-order valence-corrected chi connectivity index (χ1v) is 10.8. The van der Waals surface area contributed by atoms with Crippen molar-refractivity contribution < 1.29 is 14.3 Å². The molecule has 0 saturated carbocycles. The van der Waals surface area contributed by atoms with Crippen LogP contribution in [0, 0.1) is 0 Å². The summed E-state index contributed by atoms with van der Waals surface area (Å²) in [6.45, 7) is 1.21.